The number of benzene rings is 1. The van der Waals surface area contributed by atoms with Gasteiger partial charge in [0, 0.05) is 13.5 Å². The fourth-order valence-corrected chi connectivity index (χ4v) is 1.75. The number of carbonyl (C=O) groups excluding carboxylic acids is 2. The number of alkyl carbamates (subject to hydrolysis) is 1. The van der Waals surface area contributed by atoms with Gasteiger partial charge in [-0.3, -0.25) is 9.63 Å². The molecule has 0 aliphatic carbocycles. The zero-order chi connectivity index (χ0) is 15.8. The Bertz CT molecular complexity index is 462. The van der Waals surface area contributed by atoms with Crippen LogP contribution >= 0.6 is 0 Å². The van der Waals surface area contributed by atoms with Crippen LogP contribution in [0.3, 0.4) is 0 Å². The summed E-state index contributed by atoms with van der Waals surface area (Å²) in [4.78, 5) is 28.8. The van der Waals surface area contributed by atoms with Crippen LogP contribution in [-0.4, -0.2) is 43.4 Å². The van der Waals surface area contributed by atoms with Crippen molar-refractivity contribution in [1.82, 2.24) is 10.4 Å². The second-order valence-electron chi connectivity index (χ2n) is 4.86. The average molecular weight is 294 g/mol. The highest BCUT2D eigenvalue weighted by Gasteiger charge is 2.25. The molecule has 0 fully saturated rings. The molecule has 0 saturated heterocycles. The van der Waals surface area contributed by atoms with E-state index in [0.29, 0.717) is 6.42 Å². The second-order valence-corrected chi connectivity index (χ2v) is 4.86. The van der Waals surface area contributed by atoms with Gasteiger partial charge < -0.3 is 10.1 Å². The Morgan fingerprint density at radius 2 is 1.86 bits per heavy atom. The van der Waals surface area contributed by atoms with Crippen LogP contribution in [0.15, 0.2) is 30.3 Å². The van der Waals surface area contributed by atoms with Gasteiger partial charge in [0.25, 0.3) is 5.91 Å². The topological polar surface area (TPSA) is 67.9 Å². The maximum absolute atomic E-state index is 12.2. The predicted octanol–water partition coefficient (Wildman–Crippen LogP) is 1.75. The highest BCUT2D eigenvalue weighted by molar-refractivity contribution is 5.85. The molecule has 0 aromatic heterocycles. The Morgan fingerprint density at radius 1 is 1.24 bits per heavy atom. The third-order valence-electron chi connectivity index (χ3n) is 2.80. The summed E-state index contributed by atoms with van der Waals surface area (Å²) in [6, 6.07) is 8.68. The minimum absolute atomic E-state index is 0.252. The van der Waals surface area contributed by atoms with Crippen molar-refractivity contribution in [2.24, 2.45) is 0 Å². The molecule has 6 nitrogen and oxygen atoms in total. The first-order valence-corrected chi connectivity index (χ1v) is 6.76. The average Bonchev–Trinajstić information content (AvgIpc) is 2.45. The van der Waals surface area contributed by atoms with Gasteiger partial charge in [0.2, 0.25) is 0 Å². The largest absolute Gasteiger partial charge is 0.447 e. The molecule has 1 aromatic carbocycles. The summed E-state index contributed by atoms with van der Waals surface area (Å²) < 4.78 is 5.02. The van der Waals surface area contributed by atoms with E-state index in [1.807, 2.05) is 30.3 Å². The Labute approximate surface area is 125 Å². The van der Waals surface area contributed by atoms with Gasteiger partial charge in [0.05, 0.1) is 13.2 Å². The van der Waals surface area contributed by atoms with E-state index in [0.717, 1.165) is 10.6 Å². The summed E-state index contributed by atoms with van der Waals surface area (Å²) in [5.74, 6) is -0.345. The van der Waals surface area contributed by atoms with Crippen LogP contribution in [0.4, 0.5) is 4.79 Å². The maximum atomic E-state index is 12.2. The van der Waals surface area contributed by atoms with E-state index in [-0.39, 0.29) is 12.0 Å². The van der Waals surface area contributed by atoms with Crippen LogP contribution in [0.1, 0.15) is 19.4 Å². The number of likely N-dealkylation sites (N-methyl/N-ethyl adjacent to an activating group) is 1. The van der Waals surface area contributed by atoms with E-state index in [2.05, 4.69) is 5.32 Å². The van der Waals surface area contributed by atoms with Crippen LogP contribution < -0.4 is 5.32 Å². The molecule has 1 rings (SSSR count). The standard InChI is InChI=1S/C15H22N2O4/c1-11(2)21-15(19)16-13(14(18)17(3)20-4)10-12-8-6-5-7-9-12/h5-9,11,13H,10H2,1-4H3,(H,16,19)/t13-/m0/s1. The molecule has 1 N–H and O–H groups in total. The van der Waals surface area contributed by atoms with Crippen LogP contribution in [0.2, 0.25) is 0 Å². The molecule has 116 valence electrons. The minimum atomic E-state index is -0.747. The monoisotopic (exact) mass is 294 g/mol. The Hall–Kier alpha value is -2.08. The molecule has 0 aliphatic rings. The molecular formula is C15H22N2O4. The summed E-state index contributed by atoms with van der Waals surface area (Å²) in [6.07, 6.45) is -0.512. The van der Waals surface area contributed by atoms with Crippen LogP contribution in [0.25, 0.3) is 0 Å². The van der Waals surface area contributed by atoms with E-state index in [1.54, 1.807) is 13.8 Å². The summed E-state index contributed by atoms with van der Waals surface area (Å²) in [5.41, 5.74) is 0.935. The number of carbonyl (C=O) groups is 2. The molecule has 0 spiro atoms. The fourth-order valence-electron chi connectivity index (χ4n) is 1.75. The zero-order valence-corrected chi connectivity index (χ0v) is 12.8. The molecule has 0 aliphatic heterocycles. The van der Waals surface area contributed by atoms with Crippen molar-refractivity contribution in [2.45, 2.75) is 32.4 Å². The summed E-state index contributed by atoms with van der Waals surface area (Å²) >= 11 is 0. The molecule has 1 atom stereocenters. The third-order valence-corrected chi connectivity index (χ3v) is 2.80. The lowest BCUT2D eigenvalue weighted by molar-refractivity contribution is -0.170. The number of hydroxylamine groups is 2. The summed E-state index contributed by atoms with van der Waals surface area (Å²) in [6.45, 7) is 3.49. The lowest BCUT2D eigenvalue weighted by atomic mass is 10.1. The number of nitrogens with one attached hydrogen (secondary N) is 1. The molecule has 21 heavy (non-hydrogen) atoms. The molecule has 0 bridgehead atoms. The highest BCUT2D eigenvalue weighted by atomic mass is 16.7. The molecule has 0 radical (unpaired) electrons. The smallest absolute Gasteiger partial charge is 0.408 e. The molecule has 0 unspecified atom stereocenters. The van der Waals surface area contributed by atoms with Crippen LogP contribution in [0.5, 0.6) is 0 Å². The molecular weight excluding hydrogens is 272 g/mol. The quantitative estimate of drug-likeness (QED) is 0.812. The lowest BCUT2D eigenvalue weighted by Crippen LogP contribution is -2.48. The fraction of sp³-hybridized carbons (Fsp3) is 0.467. The number of hydrogen-bond acceptors (Lipinski definition) is 4. The van der Waals surface area contributed by atoms with Crippen molar-refractivity contribution in [3.8, 4) is 0 Å². The van der Waals surface area contributed by atoms with E-state index >= 15 is 0 Å². The van der Waals surface area contributed by atoms with Crippen LogP contribution in [-0.2, 0) is 20.8 Å². The second kappa shape index (κ2) is 8.26. The van der Waals surface area contributed by atoms with Crippen LogP contribution in [0, 0.1) is 0 Å². The van der Waals surface area contributed by atoms with Gasteiger partial charge in [-0.15, -0.1) is 0 Å². The predicted molar refractivity (Wildman–Crippen MR) is 78.5 cm³/mol. The molecule has 6 heteroatoms. The van der Waals surface area contributed by atoms with Gasteiger partial charge >= 0.3 is 6.09 Å². The van der Waals surface area contributed by atoms with Crippen molar-refractivity contribution < 1.29 is 19.2 Å². The van der Waals surface area contributed by atoms with Crippen molar-refractivity contribution in [3.63, 3.8) is 0 Å². The van der Waals surface area contributed by atoms with Gasteiger partial charge in [0.1, 0.15) is 6.04 Å². The van der Waals surface area contributed by atoms with Crippen molar-refractivity contribution in [2.75, 3.05) is 14.2 Å². The van der Waals surface area contributed by atoms with E-state index in [9.17, 15) is 9.59 Å². The number of nitrogens with zero attached hydrogens (tertiary/aromatic N) is 1. The number of amides is 2. The van der Waals surface area contributed by atoms with E-state index < -0.39 is 12.1 Å². The van der Waals surface area contributed by atoms with E-state index in [4.69, 9.17) is 9.57 Å². The normalized spacial score (nSPS) is 11.9. The summed E-state index contributed by atoms with van der Waals surface area (Å²) in [7, 11) is 2.89. The lowest BCUT2D eigenvalue weighted by Gasteiger charge is -2.23. The Balaban J connectivity index is 2.79. The molecule has 0 heterocycles. The first-order chi connectivity index (χ1) is 9.93. The van der Waals surface area contributed by atoms with Crippen molar-refractivity contribution in [1.29, 1.82) is 0 Å². The Morgan fingerprint density at radius 3 is 2.38 bits per heavy atom. The van der Waals surface area contributed by atoms with Crippen molar-refractivity contribution >= 4 is 12.0 Å². The molecule has 1 aromatic rings. The number of hydrogen-bond donors (Lipinski definition) is 1. The van der Waals surface area contributed by atoms with Gasteiger partial charge in [-0.25, -0.2) is 9.86 Å². The minimum Gasteiger partial charge on any atom is -0.447 e. The van der Waals surface area contributed by atoms with Crippen molar-refractivity contribution in [3.05, 3.63) is 35.9 Å². The van der Waals surface area contributed by atoms with Gasteiger partial charge in [0.15, 0.2) is 0 Å². The van der Waals surface area contributed by atoms with Gasteiger partial charge in [-0.1, -0.05) is 30.3 Å². The van der Waals surface area contributed by atoms with Gasteiger partial charge in [-0.2, -0.15) is 0 Å². The van der Waals surface area contributed by atoms with E-state index in [1.165, 1.54) is 14.2 Å². The maximum Gasteiger partial charge on any atom is 0.408 e. The first-order valence-electron chi connectivity index (χ1n) is 6.76. The third kappa shape index (κ3) is 5.83. The Kier molecular flexibility index (Phi) is 6.68. The SMILES string of the molecule is CON(C)C(=O)[C@H](Cc1ccccc1)NC(=O)OC(C)C. The molecule has 0 saturated carbocycles. The number of ether oxygens (including phenoxy) is 1. The highest BCUT2D eigenvalue weighted by Crippen LogP contribution is 2.06. The van der Waals surface area contributed by atoms with Gasteiger partial charge in [-0.05, 0) is 19.4 Å². The molecule has 2 amide bonds. The summed E-state index contributed by atoms with van der Waals surface area (Å²) in [5, 5.41) is 3.67. The number of rotatable bonds is 6. The first kappa shape index (κ1) is 17.0. The zero-order valence-electron chi connectivity index (χ0n) is 12.8.